The smallest absolute Gasteiger partial charge is 0.310 e. The summed E-state index contributed by atoms with van der Waals surface area (Å²) in [6, 6.07) is 15.0. The maximum absolute atomic E-state index is 11.1. The van der Waals surface area contributed by atoms with Gasteiger partial charge in [0.05, 0.1) is 17.6 Å². The molecule has 0 aliphatic carbocycles. The van der Waals surface area contributed by atoms with Gasteiger partial charge in [0.15, 0.2) is 5.75 Å². The lowest BCUT2D eigenvalue weighted by Crippen LogP contribution is -2.38. The molecule has 0 saturated carbocycles. The van der Waals surface area contributed by atoms with Crippen LogP contribution in [-0.2, 0) is 4.74 Å². The number of benzene rings is 1. The van der Waals surface area contributed by atoms with Gasteiger partial charge in [-0.15, -0.1) is 22.7 Å². The summed E-state index contributed by atoms with van der Waals surface area (Å²) >= 11 is 3.50. The number of ether oxygens (including phenoxy) is 2. The minimum atomic E-state index is -0.403. The zero-order valence-corrected chi connectivity index (χ0v) is 18.9. The number of rotatable bonds is 10. The highest BCUT2D eigenvalue weighted by Gasteiger charge is 2.25. The molecule has 1 aromatic carbocycles. The number of thiophene rings is 2. The van der Waals surface area contributed by atoms with Crippen LogP contribution in [-0.4, -0.2) is 42.2 Å². The highest BCUT2D eigenvalue weighted by Crippen LogP contribution is 2.35. The molecule has 3 heterocycles. The van der Waals surface area contributed by atoms with Crippen LogP contribution in [0.15, 0.2) is 59.3 Å². The van der Waals surface area contributed by atoms with E-state index in [9.17, 15) is 10.1 Å². The Morgan fingerprint density at radius 2 is 1.71 bits per heavy atom. The van der Waals surface area contributed by atoms with E-state index in [1.807, 2.05) is 0 Å². The Kier molecular flexibility index (Phi) is 7.69. The van der Waals surface area contributed by atoms with Crippen LogP contribution in [0.1, 0.15) is 35.1 Å². The predicted octanol–water partition coefficient (Wildman–Crippen LogP) is 5.76. The van der Waals surface area contributed by atoms with E-state index in [0.717, 1.165) is 38.9 Å². The van der Waals surface area contributed by atoms with Crippen LogP contribution < -0.4 is 4.74 Å². The third-order valence-corrected chi connectivity index (χ3v) is 7.24. The van der Waals surface area contributed by atoms with E-state index in [0.29, 0.717) is 12.4 Å². The lowest BCUT2D eigenvalue weighted by atomic mass is 10.1. The van der Waals surface area contributed by atoms with Crippen molar-refractivity contribution in [1.29, 1.82) is 0 Å². The molecule has 1 aliphatic heterocycles. The molecule has 1 saturated heterocycles. The molecule has 0 N–H and O–H groups in total. The molecule has 1 aliphatic rings. The summed E-state index contributed by atoms with van der Waals surface area (Å²) in [5, 5.41) is 15.3. The Morgan fingerprint density at radius 1 is 1.03 bits per heavy atom. The van der Waals surface area contributed by atoms with Crippen LogP contribution in [0.25, 0.3) is 0 Å². The second-order valence-corrected chi connectivity index (χ2v) is 9.47. The quantitative estimate of drug-likeness (QED) is 0.220. The second kappa shape index (κ2) is 10.9. The van der Waals surface area contributed by atoms with Crippen molar-refractivity contribution in [2.45, 2.75) is 31.5 Å². The van der Waals surface area contributed by atoms with Gasteiger partial charge in [0.1, 0.15) is 6.10 Å². The lowest BCUT2D eigenvalue weighted by Gasteiger charge is -2.33. The number of hydrogen-bond acceptors (Lipinski definition) is 7. The molecule has 0 amide bonds. The molecule has 3 aromatic rings. The van der Waals surface area contributed by atoms with Crippen molar-refractivity contribution in [3.05, 3.63) is 79.2 Å². The summed E-state index contributed by atoms with van der Waals surface area (Å²) in [6.07, 6.45) is 3.15. The van der Waals surface area contributed by atoms with Crippen LogP contribution in [0.4, 0.5) is 5.69 Å². The van der Waals surface area contributed by atoms with Crippen molar-refractivity contribution < 1.29 is 14.4 Å². The average molecular weight is 459 g/mol. The summed E-state index contributed by atoms with van der Waals surface area (Å²) < 4.78 is 12.2. The van der Waals surface area contributed by atoms with E-state index in [1.54, 1.807) is 40.9 Å². The predicted molar refractivity (Wildman–Crippen MR) is 124 cm³/mol. The van der Waals surface area contributed by atoms with Crippen molar-refractivity contribution in [2.24, 2.45) is 0 Å². The van der Waals surface area contributed by atoms with E-state index in [2.05, 4.69) is 39.9 Å². The Morgan fingerprint density at radius 3 is 2.32 bits per heavy atom. The largest absolute Gasteiger partial charge is 0.487 e. The van der Waals surface area contributed by atoms with E-state index >= 15 is 0 Å². The first-order valence-corrected chi connectivity index (χ1v) is 12.3. The number of likely N-dealkylation sites (tertiary alicyclic amines) is 1. The lowest BCUT2D eigenvalue weighted by molar-refractivity contribution is -0.385. The third kappa shape index (κ3) is 5.92. The van der Waals surface area contributed by atoms with E-state index in [1.165, 1.54) is 15.8 Å². The SMILES string of the molecule is O=[N+]([O-])c1ccccc1OCCCN1CCC(OC(c2cccs2)c2cccs2)CC1. The molecule has 0 bridgehead atoms. The fraction of sp³-hybridized carbons (Fsp3) is 0.391. The Hall–Kier alpha value is -2.26. The molecule has 0 unspecified atom stereocenters. The van der Waals surface area contributed by atoms with Crippen molar-refractivity contribution in [1.82, 2.24) is 4.90 Å². The molecule has 6 nitrogen and oxygen atoms in total. The molecule has 1 fully saturated rings. The molecule has 164 valence electrons. The van der Waals surface area contributed by atoms with E-state index in [4.69, 9.17) is 9.47 Å². The number of hydrogen-bond donors (Lipinski definition) is 0. The average Bonchev–Trinajstić information content (AvgIpc) is 3.51. The van der Waals surface area contributed by atoms with Gasteiger partial charge in [0, 0.05) is 35.5 Å². The molecule has 0 atom stereocenters. The van der Waals surface area contributed by atoms with Gasteiger partial charge in [0.25, 0.3) is 0 Å². The van der Waals surface area contributed by atoms with Crippen LogP contribution in [0, 0.1) is 10.1 Å². The molecule has 8 heteroatoms. The maximum Gasteiger partial charge on any atom is 0.310 e. The van der Waals surface area contributed by atoms with Gasteiger partial charge in [-0.2, -0.15) is 0 Å². The summed E-state index contributed by atoms with van der Waals surface area (Å²) in [6.45, 7) is 3.39. The van der Waals surface area contributed by atoms with Gasteiger partial charge in [-0.1, -0.05) is 24.3 Å². The second-order valence-electron chi connectivity index (χ2n) is 7.51. The summed E-state index contributed by atoms with van der Waals surface area (Å²) in [5.41, 5.74) is 0.0199. The number of nitro benzene ring substituents is 1. The van der Waals surface area contributed by atoms with Gasteiger partial charge in [-0.25, -0.2) is 0 Å². The highest BCUT2D eigenvalue weighted by molar-refractivity contribution is 7.11. The van der Waals surface area contributed by atoms with Gasteiger partial charge < -0.3 is 14.4 Å². The first-order valence-electron chi connectivity index (χ1n) is 10.5. The van der Waals surface area contributed by atoms with E-state index in [-0.39, 0.29) is 17.9 Å². The summed E-state index contributed by atoms with van der Waals surface area (Å²) in [7, 11) is 0. The monoisotopic (exact) mass is 458 g/mol. The Bertz CT molecular complexity index is 904. The minimum Gasteiger partial charge on any atom is -0.487 e. The van der Waals surface area contributed by atoms with Crippen molar-refractivity contribution in [3.8, 4) is 5.75 Å². The van der Waals surface area contributed by atoms with Gasteiger partial charge in [-0.05, 0) is 48.2 Å². The molecule has 2 aromatic heterocycles. The number of para-hydroxylation sites is 2. The highest BCUT2D eigenvalue weighted by atomic mass is 32.1. The standard InChI is InChI=1S/C23H26N2O4S2/c26-25(27)19-6-1-2-7-20(19)28-15-5-12-24-13-10-18(11-14-24)29-23(21-8-3-16-30-21)22-9-4-17-31-22/h1-4,6-9,16-18,23H,5,10-15H2. The molecular formula is C23H26N2O4S2. The van der Waals surface area contributed by atoms with Crippen LogP contribution in [0.3, 0.4) is 0 Å². The molecule has 0 spiro atoms. The number of nitro groups is 1. The fourth-order valence-electron chi connectivity index (χ4n) is 3.82. The Balaban J connectivity index is 1.21. The normalized spacial score (nSPS) is 15.4. The van der Waals surface area contributed by atoms with Crippen molar-refractivity contribution in [2.75, 3.05) is 26.2 Å². The van der Waals surface area contributed by atoms with Crippen molar-refractivity contribution in [3.63, 3.8) is 0 Å². The summed E-state index contributed by atoms with van der Waals surface area (Å²) in [5.74, 6) is 0.341. The zero-order valence-electron chi connectivity index (χ0n) is 17.2. The van der Waals surface area contributed by atoms with E-state index < -0.39 is 4.92 Å². The van der Waals surface area contributed by atoms with Crippen molar-refractivity contribution >= 4 is 28.4 Å². The molecule has 4 rings (SSSR count). The molecule has 0 radical (unpaired) electrons. The molecular weight excluding hydrogens is 432 g/mol. The van der Waals surface area contributed by atoms with Gasteiger partial charge >= 0.3 is 5.69 Å². The third-order valence-electron chi connectivity index (χ3n) is 5.40. The topological polar surface area (TPSA) is 64.8 Å². The van der Waals surface area contributed by atoms with Gasteiger partial charge in [0.2, 0.25) is 0 Å². The number of nitrogens with zero attached hydrogens (tertiary/aromatic N) is 2. The first kappa shape index (κ1) is 22.0. The molecule has 31 heavy (non-hydrogen) atoms. The zero-order chi connectivity index (χ0) is 21.5. The fourth-order valence-corrected chi connectivity index (χ4v) is 5.45. The van der Waals surface area contributed by atoms with Crippen LogP contribution in [0.5, 0.6) is 5.75 Å². The summed E-state index contributed by atoms with van der Waals surface area (Å²) in [4.78, 5) is 15.6. The maximum atomic E-state index is 11.1. The Labute approximate surface area is 190 Å². The minimum absolute atomic E-state index is 0.0199. The van der Waals surface area contributed by atoms with Gasteiger partial charge in [-0.3, -0.25) is 10.1 Å². The van der Waals surface area contributed by atoms with Crippen LogP contribution >= 0.6 is 22.7 Å². The first-order chi connectivity index (χ1) is 15.2. The number of piperidine rings is 1. The van der Waals surface area contributed by atoms with Crippen LogP contribution in [0.2, 0.25) is 0 Å².